The number of halogens is 2. The maximum Gasteiger partial charge on any atom is 0.252 e. The number of nitrogens with zero attached hydrogens (tertiary/aromatic N) is 2. The molecule has 0 spiro atoms. The summed E-state index contributed by atoms with van der Waals surface area (Å²) >= 11 is 5.96. The third-order valence-electron chi connectivity index (χ3n) is 5.84. The summed E-state index contributed by atoms with van der Waals surface area (Å²) in [5.41, 5.74) is 2.79. The minimum absolute atomic E-state index is 0.226. The van der Waals surface area contributed by atoms with Crippen LogP contribution in [0.2, 0.25) is 5.02 Å². The van der Waals surface area contributed by atoms with Crippen molar-refractivity contribution in [1.29, 1.82) is 0 Å². The summed E-state index contributed by atoms with van der Waals surface area (Å²) in [5, 5.41) is 4.68. The average molecular weight is 462 g/mol. The zero-order valence-electron chi connectivity index (χ0n) is 17.7. The van der Waals surface area contributed by atoms with Crippen LogP contribution in [0.25, 0.3) is 10.9 Å². The summed E-state index contributed by atoms with van der Waals surface area (Å²) in [4.78, 5) is 21.6. The van der Waals surface area contributed by atoms with E-state index in [1.54, 1.807) is 18.5 Å². The van der Waals surface area contributed by atoms with Gasteiger partial charge in [-0.25, -0.2) is 4.39 Å². The molecule has 5 nitrogen and oxygen atoms in total. The number of hydrogen-bond donors (Lipinski definition) is 1. The molecule has 5 rings (SSSR count). The Labute approximate surface area is 195 Å². The SMILES string of the molecule is O=C(NC1(c2ccc3c(CCOc4cncc(Cl)c4)cccc3n2)CC1)c1ccc(F)cc1. The van der Waals surface area contributed by atoms with Crippen LogP contribution in [0.1, 0.15) is 34.5 Å². The van der Waals surface area contributed by atoms with Gasteiger partial charge in [0.05, 0.1) is 34.6 Å². The van der Waals surface area contributed by atoms with Gasteiger partial charge in [0.15, 0.2) is 0 Å². The first-order chi connectivity index (χ1) is 16.0. The van der Waals surface area contributed by atoms with Crippen LogP contribution in [0.3, 0.4) is 0 Å². The molecule has 2 aromatic carbocycles. The molecule has 1 fully saturated rings. The first-order valence-electron chi connectivity index (χ1n) is 10.7. The van der Waals surface area contributed by atoms with Crippen LogP contribution in [0.4, 0.5) is 4.39 Å². The maximum atomic E-state index is 13.2. The zero-order valence-corrected chi connectivity index (χ0v) is 18.5. The summed E-state index contributed by atoms with van der Waals surface area (Å²) in [5.74, 6) is 0.0424. The molecule has 1 amide bonds. The smallest absolute Gasteiger partial charge is 0.252 e. The Balaban J connectivity index is 1.31. The van der Waals surface area contributed by atoms with E-state index in [1.165, 1.54) is 24.3 Å². The second-order valence-electron chi connectivity index (χ2n) is 8.16. The Bertz CT molecular complexity index is 1320. The van der Waals surface area contributed by atoms with Gasteiger partial charge < -0.3 is 10.1 Å². The molecule has 2 heterocycles. The number of nitrogens with one attached hydrogen (secondary N) is 1. The van der Waals surface area contributed by atoms with Gasteiger partial charge >= 0.3 is 0 Å². The van der Waals surface area contributed by atoms with E-state index >= 15 is 0 Å². The van der Waals surface area contributed by atoms with E-state index in [4.69, 9.17) is 21.3 Å². The third kappa shape index (κ3) is 4.66. The lowest BCUT2D eigenvalue weighted by Gasteiger charge is -2.18. The summed E-state index contributed by atoms with van der Waals surface area (Å²) in [6.45, 7) is 0.487. The van der Waals surface area contributed by atoms with Gasteiger partial charge in [-0.05, 0) is 54.8 Å². The fourth-order valence-electron chi connectivity index (χ4n) is 3.91. The normalized spacial score (nSPS) is 14.1. The van der Waals surface area contributed by atoms with Crippen molar-refractivity contribution in [1.82, 2.24) is 15.3 Å². The molecule has 0 aliphatic heterocycles. The van der Waals surface area contributed by atoms with Crippen molar-refractivity contribution in [3.63, 3.8) is 0 Å². The molecule has 166 valence electrons. The van der Waals surface area contributed by atoms with Crippen LogP contribution in [0.5, 0.6) is 5.75 Å². The standard InChI is InChI=1S/C26H21ClFN3O2/c27-19-14-21(16-29-15-19)33-13-10-17-2-1-3-23-22(17)8-9-24(30-23)26(11-12-26)31-25(32)18-4-6-20(28)7-5-18/h1-9,14-16H,10-13H2,(H,31,32). The van der Waals surface area contributed by atoms with Crippen molar-refractivity contribution in [2.75, 3.05) is 6.61 Å². The molecule has 0 atom stereocenters. The van der Waals surface area contributed by atoms with E-state index in [-0.39, 0.29) is 11.7 Å². The van der Waals surface area contributed by atoms with Crippen LogP contribution in [-0.2, 0) is 12.0 Å². The Morgan fingerprint density at radius 3 is 2.67 bits per heavy atom. The molecular weight excluding hydrogens is 441 g/mol. The van der Waals surface area contributed by atoms with Gasteiger partial charge in [-0.15, -0.1) is 0 Å². The van der Waals surface area contributed by atoms with Crippen molar-refractivity contribution < 1.29 is 13.9 Å². The van der Waals surface area contributed by atoms with Crippen molar-refractivity contribution in [2.45, 2.75) is 24.8 Å². The fourth-order valence-corrected chi connectivity index (χ4v) is 4.08. The van der Waals surface area contributed by atoms with E-state index in [0.29, 0.717) is 29.4 Å². The van der Waals surface area contributed by atoms with E-state index in [2.05, 4.69) is 22.4 Å². The second kappa shape index (κ2) is 8.79. The van der Waals surface area contributed by atoms with Gasteiger partial charge in [-0.3, -0.25) is 14.8 Å². The Morgan fingerprint density at radius 1 is 1.09 bits per heavy atom. The molecule has 4 aromatic rings. The molecular formula is C26H21ClFN3O2. The van der Waals surface area contributed by atoms with Crippen molar-refractivity contribution >= 4 is 28.4 Å². The molecule has 7 heteroatoms. The topological polar surface area (TPSA) is 64.1 Å². The van der Waals surface area contributed by atoms with Gasteiger partial charge in [0.1, 0.15) is 11.6 Å². The number of aromatic nitrogens is 2. The predicted octanol–water partition coefficient (Wildman–Crippen LogP) is 5.46. The van der Waals surface area contributed by atoms with E-state index in [9.17, 15) is 9.18 Å². The summed E-state index contributed by atoms with van der Waals surface area (Å²) in [6, 6.07) is 17.3. The van der Waals surface area contributed by atoms with Crippen molar-refractivity contribution in [3.8, 4) is 5.75 Å². The predicted molar refractivity (Wildman–Crippen MR) is 125 cm³/mol. The lowest BCUT2D eigenvalue weighted by atomic mass is 10.0. The zero-order chi connectivity index (χ0) is 22.8. The fraction of sp³-hybridized carbons (Fsp3) is 0.192. The summed E-state index contributed by atoms with van der Waals surface area (Å²) in [7, 11) is 0. The Morgan fingerprint density at radius 2 is 1.91 bits per heavy atom. The molecule has 0 unspecified atom stereocenters. The summed E-state index contributed by atoms with van der Waals surface area (Å²) < 4.78 is 19.0. The van der Waals surface area contributed by atoms with Crippen LogP contribution in [-0.4, -0.2) is 22.5 Å². The number of amides is 1. The molecule has 1 aliphatic rings. The van der Waals surface area contributed by atoms with Crippen molar-refractivity contribution in [3.05, 3.63) is 101 Å². The van der Waals surface area contributed by atoms with Gasteiger partial charge in [-0.2, -0.15) is 0 Å². The molecule has 0 saturated heterocycles. The quantitative estimate of drug-likeness (QED) is 0.397. The monoisotopic (exact) mass is 461 g/mol. The van der Waals surface area contributed by atoms with E-state index in [1.807, 2.05) is 18.2 Å². The minimum Gasteiger partial charge on any atom is -0.492 e. The largest absolute Gasteiger partial charge is 0.492 e. The first kappa shape index (κ1) is 21.3. The highest BCUT2D eigenvalue weighted by atomic mass is 35.5. The molecule has 1 saturated carbocycles. The highest BCUT2D eigenvalue weighted by molar-refractivity contribution is 6.30. The van der Waals surface area contributed by atoms with Crippen LogP contribution in [0.15, 0.2) is 73.1 Å². The third-order valence-corrected chi connectivity index (χ3v) is 6.05. The number of carbonyl (C=O) groups is 1. The molecule has 0 radical (unpaired) electrons. The Hall–Kier alpha value is -3.51. The van der Waals surface area contributed by atoms with Gasteiger partial charge in [-0.1, -0.05) is 29.8 Å². The van der Waals surface area contributed by atoms with Crippen LogP contribution < -0.4 is 10.1 Å². The van der Waals surface area contributed by atoms with Gasteiger partial charge in [0, 0.05) is 29.6 Å². The van der Waals surface area contributed by atoms with Crippen LogP contribution >= 0.6 is 11.6 Å². The molecule has 1 N–H and O–H groups in total. The molecule has 0 bridgehead atoms. The molecule has 2 aromatic heterocycles. The highest BCUT2D eigenvalue weighted by Gasteiger charge is 2.47. The number of fused-ring (bicyclic) bond motifs is 1. The highest BCUT2D eigenvalue weighted by Crippen LogP contribution is 2.45. The number of ether oxygens (including phenoxy) is 1. The van der Waals surface area contributed by atoms with Gasteiger partial charge in [0.25, 0.3) is 5.91 Å². The molecule has 1 aliphatic carbocycles. The number of pyridine rings is 2. The average Bonchev–Trinajstić information content (AvgIpc) is 3.60. The van der Waals surface area contributed by atoms with Crippen molar-refractivity contribution in [2.24, 2.45) is 0 Å². The van der Waals surface area contributed by atoms with E-state index < -0.39 is 5.54 Å². The first-order valence-corrected chi connectivity index (χ1v) is 11.1. The van der Waals surface area contributed by atoms with E-state index in [0.717, 1.165) is 35.0 Å². The van der Waals surface area contributed by atoms with Crippen LogP contribution in [0, 0.1) is 5.82 Å². The Kier molecular flexibility index (Phi) is 5.68. The minimum atomic E-state index is -0.474. The summed E-state index contributed by atoms with van der Waals surface area (Å²) in [6.07, 6.45) is 5.55. The second-order valence-corrected chi connectivity index (χ2v) is 8.60. The molecule has 33 heavy (non-hydrogen) atoms. The van der Waals surface area contributed by atoms with Gasteiger partial charge in [0.2, 0.25) is 0 Å². The number of rotatable bonds is 7. The number of hydrogen-bond acceptors (Lipinski definition) is 4. The number of benzene rings is 2. The maximum absolute atomic E-state index is 13.2. The lowest BCUT2D eigenvalue weighted by molar-refractivity contribution is 0.0930. The number of carbonyl (C=O) groups excluding carboxylic acids is 1. The lowest BCUT2D eigenvalue weighted by Crippen LogP contribution is -2.35.